The highest BCUT2D eigenvalue weighted by molar-refractivity contribution is 7.88. The molecule has 1 aromatic carbocycles. The molecule has 2 aromatic rings. The second-order valence-corrected chi connectivity index (χ2v) is 6.63. The predicted molar refractivity (Wildman–Crippen MR) is 79.1 cm³/mol. The molecule has 22 heavy (non-hydrogen) atoms. The molecular formula is C12H13ClN4O4S. The molecule has 2 rings (SSSR count). The molecule has 0 saturated carbocycles. The van der Waals surface area contributed by atoms with Gasteiger partial charge in [-0.15, -0.1) is 5.10 Å². The summed E-state index contributed by atoms with van der Waals surface area (Å²) in [4.78, 5) is 10.6. The first-order valence-electron chi connectivity index (χ1n) is 6.21. The lowest BCUT2D eigenvalue weighted by atomic mass is 10.2. The lowest BCUT2D eigenvalue weighted by molar-refractivity contribution is 0.0690. The maximum Gasteiger partial charge on any atom is 0.358 e. The van der Waals surface area contributed by atoms with Crippen molar-refractivity contribution >= 4 is 27.6 Å². The van der Waals surface area contributed by atoms with E-state index >= 15 is 0 Å². The van der Waals surface area contributed by atoms with E-state index in [1.807, 2.05) is 0 Å². The van der Waals surface area contributed by atoms with E-state index in [9.17, 15) is 13.2 Å². The SMILES string of the molecule is O=C(O)c1cn(CCNS(=O)(=O)Cc2ccccc2Cl)nn1. The minimum atomic E-state index is -3.55. The van der Waals surface area contributed by atoms with Crippen molar-refractivity contribution in [3.63, 3.8) is 0 Å². The van der Waals surface area contributed by atoms with Crippen molar-refractivity contribution < 1.29 is 18.3 Å². The maximum atomic E-state index is 11.9. The summed E-state index contributed by atoms with van der Waals surface area (Å²) in [6, 6.07) is 6.68. The van der Waals surface area contributed by atoms with Gasteiger partial charge in [-0.2, -0.15) is 0 Å². The monoisotopic (exact) mass is 344 g/mol. The number of rotatable bonds is 7. The lowest BCUT2D eigenvalue weighted by Crippen LogP contribution is -2.28. The number of carboxylic acid groups (broad SMARTS) is 1. The molecule has 8 nitrogen and oxygen atoms in total. The van der Waals surface area contributed by atoms with Gasteiger partial charge in [0.1, 0.15) is 0 Å². The molecule has 0 amide bonds. The van der Waals surface area contributed by atoms with Gasteiger partial charge in [0.15, 0.2) is 5.69 Å². The summed E-state index contributed by atoms with van der Waals surface area (Å²) in [6.45, 7) is 0.233. The van der Waals surface area contributed by atoms with Gasteiger partial charge in [0.25, 0.3) is 0 Å². The van der Waals surface area contributed by atoms with Crippen LogP contribution in [0.3, 0.4) is 0 Å². The van der Waals surface area contributed by atoms with Crippen molar-refractivity contribution in [2.24, 2.45) is 0 Å². The minimum Gasteiger partial charge on any atom is -0.476 e. The lowest BCUT2D eigenvalue weighted by Gasteiger charge is -2.07. The molecule has 2 N–H and O–H groups in total. The van der Waals surface area contributed by atoms with E-state index in [2.05, 4.69) is 15.0 Å². The Bertz CT molecular complexity index is 775. The predicted octanol–water partition coefficient (Wildman–Crippen LogP) is 0.749. The Morgan fingerprint density at radius 1 is 1.36 bits per heavy atom. The van der Waals surface area contributed by atoms with Gasteiger partial charge in [-0.3, -0.25) is 4.68 Å². The number of nitrogens with zero attached hydrogens (tertiary/aromatic N) is 3. The number of hydrogen-bond acceptors (Lipinski definition) is 5. The summed E-state index contributed by atoms with van der Waals surface area (Å²) >= 11 is 5.92. The van der Waals surface area contributed by atoms with Gasteiger partial charge >= 0.3 is 5.97 Å². The minimum absolute atomic E-state index is 0.0647. The Kier molecular flexibility index (Phi) is 5.11. The van der Waals surface area contributed by atoms with Gasteiger partial charge in [-0.1, -0.05) is 35.0 Å². The third-order valence-electron chi connectivity index (χ3n) is 2.72. The standard InChI is InChI=1S/C12H13ClN4O4S/c13-10-4-2-1-3-9(10)8-22(20,21)14-5-6-17-7-11(12(18)19)15-16-17/h1-4,7,14H,5-6,8H2,(H,18,19). The van der Waals surface area contributed by atoms with E-state index in [0.717, 1.165) is 0 Å². The highest BCUT2D eigenvalue weighted by Crippen LogP contribution is 2.17. The average molecular weight is 345 g/mol. The van der Waals surface area contributed by atoms with Crippen LogP contribution < -0.4 is 4.72 Å². The number of hydrogen-bond donors (Lipinski definition) is 2. The van der Waals surface area contributed by atoms with Crippen molar-refractivity contribution in [2.75, 3.05) is 6.54 Å². The number of aromatic nitrogens is 3. The van der Waals surface area contributed by atoms with Crippen LogP contribution in [0.15, 0.2) is 30.5 Å². The van der Waals surface area contributed by atoms with Crippen molar-refractivity contribution in [2.45, 2.75) is 12.3 Å². The van der Waals surface area contributed by atoms with Crippen molar-refractivity contribution in [1.29, 1.82) is 0 Å². The molecule has 1 aromatic heterocycles. The van der Waals surface area contributed by atoms with Gasteiger partial charge in [-0.25, -0.2) is 17.9 Å². The van der Waals surface area contributed by atoms with Crippen LogP contribution in [0.2, 0.25) is 5.02 Å². The molecule has 0 fully saturated rings. The second kappa shape index (κ2) is 6.86. The molecular weight excluding hydrogens is 332 g/mol. The number of carbonyl (C=O) groups is 1. The first-order chi connectivity index (χ1) is 10.4. The van der Waals surface area contributed by atoms with Crippen LogP contribution >= 0.6 is 11.6 Å². The van der Waals surface area contributed by atoms with Crippen LogP contribution in [-0.2, 0) is 22.3 Å². The van der Waals surface area contributed by atoms with Crippen LogP contribution in [0.25, 0.3) is 0 Å². The zero-order chi connectivity index (χ0) is 16.2. The molecule has 0 atom stereocenters. The first-order valence-corrected chi connectivity index (χ1v) is 8.24. The third-order valence-corrected chi connectivity index (χ3v) is 4.43. The summed E-state index contributed by atoms with van der Waals surface area (Å²) < 4.78 is 27.5. The van der Waals surface area contributed by atoms with Crippen LogP contribution in [0.1, 0.15) is 16.1 Å². The fourth-order valence-electron chi connectivity index (χ4n) is 1.69. The van der Waals surface area contributed by atoms with Gasteiger partial charge in [0, 0.05) is 11.6 Å². The Hall–Kier alpha value is -1.97. The maximum absolute atomic E-state index is 11.9. The molecule has 0 aliphatic heterocycles. The normalized spacial score (nSPS) is 11.5. The number of aromatic carboxylic acids is 1. The van der Waals surface area contributed by atoms with E-state index in [-0.39, 0.29) is 24.5 Å². The molecule has 118 valence electrons. The Balaban J connectivity index is 1.90. The van der Waals surface area contributed by atoms with E-state index in [1.165, 1.54) is 10.9 Å². The number of nitrogens with one attached hydrogen (secondary N) is 1. The van der Waals surface area contributed by atoms with Gasteiger partial charge in [0.2, 0.25) is 10.0 Å². The van der Waals surface area contributed by atoms with E-state index in [4.69, 9.17) is 16.7 Å². The van der Waals surface area contributed by atoms with Gasteiger partial charge < -0.3 is 5.11 Å². The summed E-state index contributed by atoms with van der Waals surface area (Å²) in [5, 5.41) is 16.1. The fraction of sp³-hybridized carbons (Fsp3) is 0.250. The Morgan fingerprint density at radius 3 is 2.73 bits per heavy atom. The molecule has 0 saturated heterocycles. The highest BCUT2D eigenvalue weighted by Gasteiger charge is 2.14. The molecule has 0 bridgehead atoms. The largest absolute Gasteiger partial charge is 0.476 e. The number of sulfonamides is 1. The van der Waals surface area contributed by atoms with E-state index in [1.54, 1.807) is 24.3 Å². The van der Waals surface area contributed by atoms with Crippen LogP contribution in [-0.4, -0.2) is 41.0 Å². The topological polar surface area (TPSA) is 114 Å². The van der Waals surface area contributed by atoms with E-state index < -0.39 is 16.0 Å². The van der Waals surface area contributed by atoms with Crippen LogP contribution in [0.5, 0.6) is 0 Å². The second-order valence-electron chi connectivity index (χ2n) is 4.42. The smallest absolute Gasteiger partial charge is 0.358 e. The molecule has 0 radical (unpaired) electrons. The van der Waals surface area contributed by atoms with E-state index in [0.29, 0.717) is 10.6 Å². The number of benzene rings is 1. The quantitative estimate of drug-likeness (QED) is 0.766. The third kappa shape index (κ3) is 4.52. The summed E-state index contributed by atoms with van der Waals surface area (Å²) in [5.74, 6) is -1.42. The van der Waals surface area contributed by atoms with Gasteiger partial charge in [0.05, 0.1) is 18.5 Å². The first kappa shape index (κ1) is 16.4. The van der Waals surface area contributed by atoms with Crippen molar-refractivity contribution in [3.05, 3.63) is 46.7 Å². The van der Waals surface area contributed by atoms with Crippen LogP contribution in [0.4, 0.5) is 0 Å². The van der Waals surface area contributed by atoms with Crippen molar-refractivity contribution in [1.82, 2.24) is 19.7 Å². The zero-order valence-corrected chi connectivity index (χ0v) is 12.9. The summed E-state index contributed by atoms with van der Waals surface area (Å²) in [5.41, 5.74) is 0.310. The molecule has 1 heterocycles. The molecule has 0 spiro atoms. The number of halogens is 1. The Morgan fingerprint density at radius 2 is 2.09 bits per heavy atom. The molecule has 0 aliphatic rings. The zero-order valence-electron chi connectivity index (χ0n) is 11.3. The highest BCUT2D eigenvalue weighted by atomic mass is 35.5. The van der Waals surface area contributed by atoms with Crippen LogP contribution in [0, 0.1) is 0 Å². The number of carboxylic acids is 1. The summed E-state index contributed by atoms with van der Waals surface area (Å²) in [6.07, 6.45) is 1.23. The molecule has 0 unspecified atom stereocenters. The Labute approximate surface area is 131 Å². The fourth-order valence-corrected chi connectivity index (χ4v) is 3.14. The van der Waals surface area contributed by atoms with Gasteiger partial charge in [-0.05, 0) is 11.6 Å². The summed E-state index contributed by atoms with van der Waals surface area (Å²) in [7, 11) is -3.55. The van der Waals surface area contributed by atoms with Crippen molar-refractivity contribution in [3.8, 4) is 0 Å². The average Bonchev–Trinajstić information content (AvgIpc) is 2.90. The molecule has 0 aliphatic carbocycles. The molecule has 10 heteroatoms.